The Bertz CT molecular complexity index is 811. The van der Waals surface area contributed by atoms with E-state index in [1.165, 1.54) is 12.1 Å². The van der Waals surface area contributed by atoms with Crippen LogP contribution in [0, 0.1) is 5.82 Å². The number of rotatable bonds is 3. The van der Waals surface area contributed by atoms with Crippen molar-refractivity contribution in [2.75, 3.05) is 5.32 Å². The van der Waals surface area contributed by atoms with Gasteiger partial charge in [0.25, 0.3) is 5.56 Å². The van der Waals surface area contributed by atoms with Gasteiger partial charge in [0.1, 0.15) is 11.6 Å². The van der Waals surface area contributed by atoms with Gasteiger partial charge in [-0.3, -0.25) is 4.79 Å². The van der Waals surface area contributed by atoms with Crippen molar-refractivity contribution < 1.29 is 4.39 Å². The summed E-state index contributed by atoms with van der Waals surface area (Å²) in [7, 11) is 0. The average Bonchev–Trinajstić information content (AvgIpc) is 2.45. The van der Waals surface area contributed by atoms with Gasteiger partial charge < -0.3 is 10.3 Å². The van der Waals surface area contributed by atoms with E-state index in [0.717, 1.165) is 10.9 Å². The number of halogens is 1. The first-order valence-corrected chi connectivity index (χ1v) is 6.33. The summed E-state index contributed by atoms with van der Waals surface area (Å²) >= 11 is 0. The minimum absolute atomic E-state index is 0.134. The van der Waals surface area contributed by atoms with Gasteiger partial charge in [0.05, 0.1) is 0 Å². The van der Waals surface area contributed by atoms with Gasteiger partial charge in [0.2, 0.25) is 0 Å². The van der Waals surface area contributed by atoms with Crippen molar-refractivity contribution in [1.29, 1.82) is 0 Å². The van der Waals surface area contributed by atoms with Crippen molar-refractivity contribution in [3.63, 3.8) is 0 Å². The van der Waals surface area contributed by atoms with Crippen LogP contribution in [0.1, 0.15) is 5.56 Å². The zero-order valence-corrected chi connectivity index (χ0v) is 10.7. The summed E-state index contributed by atoms with van der Waals surface area (Å²) in [5.74, 6) is 0.356. The summed E-state index contributed by atoms with van der Waals surface area (Å²) < 4.78 is 13.1. The highest BCUT2D eigenvalue weighted by molar-refractivity contribution is 5.83. The molecular weight excluding hydrogens is 255 g/mol. The largest absolute Gasteiger partial charge is 0.367 e. The summed E-state index contributed by atoms with van der Waals surface area (Å²) in [5.41, 5.74) is 0.684. The highest BCUT2D eigenvalue weighted by Gasteiger charge is 2.01. The molecule has 0 radical (unpaired) electrons. The smallest absolute Gasteiger partial charge is 0.257 e. The molecule has 0 fully saturated rings. The number of aromatic amines is 1. The van der Waals surface area contributed by atoms with E-state index in [1.54, 1.807) is 12.1 Å². The Hall–Kier alpha value is -2.62. The quantitative estimate of drug-likeness (QED) is 0.765. The van der Waals surface area contributed by atoms with Gasteiger partial charge >= 0.3 is 0 Å². The average molecular weight is 268 g/mol. The van der Waals surface area contributed by atoms with E-state index in [-0.39, 0.29) is 11.4 Å². The van der Waals surface area contributed by atoms with E-state index in [2.05, 4.69) is 10.3 Å². The Morgan fingerprint density at radius 2 is 1.90 bits per heavy atom. The Kier molecular flexibility index (Phi) is 3.21. The van der Waals surface area contributed by atoms with Crippen LogP contribution >= 0.6 is 0 Å². The maximum absolute atomic E-state index is 13.1. The number of anilines is 1. The molecule has 0 aliphatic rings. The van der Waals surface area contributed by atoms with Crippen molar-refractivity contribution in [2.45, 2.75) is 6.54 Å². The van der Waals surface area contributed by atoms with E-state index in [1.807, 2.05) is 30.3 Å². The van der Waals surface area contributed by atoms with Crippen molar-refractivity contribution in [3.8, 4) is 0 Å². The molecule has 0 aliphatic carbocycles. The van der Waals surface area contributed by atoms with Gasteiger partial charge in [-0.25, -0.2) is 4.39 Å². The molecule has 20 heavy (non-hydrogen) atoms. The van der Waals surface area contributed by atoms with E-state index in [4.69, 9.17) is 0 Å². The Morgan fingerprint density at radius 1 is 1.05 bits per heavy atom. The molecule has 1 aromatic heterocycles. The Morgan fingerprint density at radius 3 is 2.75 bits per heavy atom. The summed E-state index contributed by atoms with van der Waals surface area (Å²) in [5, 5.41) is 4.63. The predicted molar refractivity (Wildman–Crippen MR) is 78.3 cm³/mol. The van der Waals surface area contributed by atoms with Crippen LogP contribution in [-0.2, 0) is 6.54 Å². The van der Waals surface area contributed by atoms with Crippen LogP contribution in [0.3, 0.4) is 0 Å². The number of pyridine rings is 1. The fourth-order valence-electron chi connectivity index (χ4n) is 2.15. The third-order valence-electron chi connectivity index (χ3n) is 3.13. The first kappa shape index (κ1) is 12.4. The first-order chi connectivity index (χ1) is 9.72. The van der Waals surface area contributed by atoms with Gasteiger partial charge in [0.15, 0.2) is 0 Å². The van der Waals surface area contributed by atoms with Crippen LogP contribution in [0.5, 0.6) is 0 Å². The van der Waals surface area contributed by atoms with Crippen molar-refractivity contribution in [3.05, 3.63) is 76.3 Å². The van der Waals surface area contributed by atoms with E-state index in [9.17, 15) is 9.18 Å². The fraction of sp³-hybridized carbons (Fsp3) is 0.0625. The van der Waals surface area contributed by atoms with Crippen LogP contribution in [-0.4, -0.2) is 4.98 Å². The number of hydrogen-bond acceptors (Lipinski definition) is 2. The molecule has 2 aromatic carbocycles. The molecule has 100 valence electrons. The van der Waals surface area contributed by atoms with Crippen molar-refractivity contribution >= 4 is 16.6 Å². The zero-order valence-electron chi connectivity index (χ0n) is 10.7. The van der Waals surface area contributed by atoms with Gasteiger partial charge in [-0.2, -0.15) is 0 Å². The van der Waals surface area contributed by atoms with Gasteiger partial charge in [0, 0.05) is 11.9 Å². The SMILES string of the molecule is O=c1[nH]c(NCc2cccc(F)c2)cc2ccccc12. The van der Waals surface area contributed by atoms with Crippen molar-refractivity contribution in [1.82, 2.24) is 4.98 Å². The Balaban J connectivity index is 1.86. The predicted octanol–water partition coefficient (Wildman–Crippen LogP) is 3.28. The standard InChI is InChI=1S/C16H13FN2O/c17-13-6-3-4-11(8-13)10-18-15-9-12-5-1-2-7-14(12)16(20)19-15/h1-9H,10H2,(H2,18,19,20). The number of hydrogen-bond donors (Lipinski definition) is 2. The maximum atomic E-state index is 13.1. The van der Waals surface area contributed by atoms with Crippen LogP contribution in [0.15, 0.2) is 59.4 Å². The topological polar surface area (TPSA) is 44.9 Å². The highest BCUT2D eigenvalue weighted by atomic mass is 19.1. The molecule has 0 saturated carbocycles. The van der Waals surface area contributed by atoms with E-state index >= 15 is 0 Å². The third-order valence-corrected chi connectivity index (χ3v) is 3.13. The second-order valence-electron chi connectivity index (χ2n) is 4.58. The molecule has 1 heterocycles. The second kappa shape index (κ2) is 5.17. The third kappa shape index (κ3) is 2.54. The molecule has 3 rings (SSSR count). The lowest BCUT2D eigenvalue weighted by Gasteiger charge is -2.07. The molecule has 0 saturated heterocycles. The monoisotopic (exact) mass is 268 g/mol. The first-order valence-electron chi connectivity index (χ1n) is 6.33. The van der Waals surface area contributed by atoms with Gasteiger partial charge in [-0.1, -0.05) is 30.3 Å². The van der Waals surface area contributed by atoms with Crippen LogP contribution in [0.25, 0.3) is 10.8 Å². The van der Waals surface area contributed by atoms with Gasteiger partial charge in [-0.05, 0) is 35.2 Å². The lowest BCUT2D eigenvalue weighted by atomic mass is 10.1. The van der Waals surface area contributed by atoms with Crippen LogP contribution < -0.4 is 10.9 Å². The lowest BCUT2D eigenvalue weighted by Crippen LogP contribution is -2.10. The lowest BCUT2D eigenvalue weighted by molar-refractivity contribution is 0.626. The number of H-pyrrole nitrogens is 1. The number of fused-ring (bicyclic) bond motifs is 1. The molecule has 4 heteroatoms. The molecule has 0 bridgehead atoms. The maximum Gasteiger partial charge on any atom is 0.257 e. The molecule has 3 nitrogen and oxygen atoms in total. The number of benzene rings is 2. The summed E-state index contributed by atoms with van der Waals surface area (Å²) in [6, 6.07) is 15.6. The van der Waals surface area contributed by atoms with E-state index in [0.29, 0.717) is 17.7 Å². The molecule has 0 atom stereocenters. The van der Waals surface area contributed by atoms with Crippen LogP contribution in [0.2, 0.25) is 0 Å². The molecule has 0 spiro atoms. The fourth-order valence-corrected chi connectivity index (χ4v) is 2.15. The highest BCUT2D eigenvalue weighted by Crippen LogP contribution is 2.13. The zero-order chi connectivity index (χ0) is 13.9. The number of aromatic nitrogens is 1. The molecule has 0 unspecified atom stereocenters. The minimum atomic E-state index is -0.267. The normalized spacial score (nSPS) is 10.7. The second-order valence-corrected chi connectivity index (χ2v) is 4.58. The minimum Gasteiger partial charge on any atom is -0.367 e. The Labute approximate surface area is 115 Å². The van der Waals surface area contributed by atoms with Crippen LogP contribution in [0.4, 0.5) is 10.2 Å². The van der Waals surface area contributed by atoms with Crippen molar-refractivity contribution in [2.24, 2.45) is 0 Å². The summed E-state index contributed by atoms with van der Waals surface area (Å²) in [4.78, 5) is 14.7. The van der Waals surface area contributed by atoms with Gasteiger partial charge in [-0.15, -0.1) is 0 Å². The summed E-state index contributed by atoms with van der Waals surface area (Å²) in [6.45, 7) is 0.450. The molecular formula is C16H13FN2O. The molecule has 3 aromatic rings. The molecule has 2 N–H and O–H groups in total. The number of nitrogens with one attached hydrogen (secondary N) is 2. The molecule has 0 amide bonds. The molecule has 0 aliphatic heterocycles. The summed E-state index contributed by atoms with van der Waals surface area (Å²) in [6.07, 6.45) is 0. The van der Waals surface area contributed by atoms with E-state index < -0.39 is 0 Å².